The molecule has 0 unspecified atom stereocenters. The molecule has 0 amide bonds. The Morgan fingerprint density at radius 1 is 0.375 bits per heavy atom. The van der Waals surface area contributed by atoms with Crippen molar-refractivity contribution in [1.29, 1.82) is 0 Å². The lowest BCUT2D eigenvalue weighted by atomic mass is 10.1. The molecule has 0 atom stereocenters. The van der Waals surface area contributed by atoms with Gasteiger partial charge in [0.25, 0.3) is 0 Å². The number of hydrogen-bond donors (Lipinski definition) is 0. The number of nitrogens with zero attached hydrogens (tertiary/aromatic N) is 1. The van der Waals surface area contributed by atoms with E-state index in [1.165, 1.54) is 16.7 Å². The smallest absolute Gasteiger partial charge is 0.311 e. The van der Waals surface area contributed by atoms with Crippen molar-refractivity contribution in [1.82, 2.24) is 0 Å². The molecule has 40 heavy (non-hydrogen) atoms. The van der Waals surface area contributed by atoms with Crippen LogP contribution >= 0.6 is 99.7 Å². The summed E-state index contributed by atoms with van der Waals surface area (Å²) in [6, 6.07) is 19.9. The summed E-state index contributed by atoms with van der Waals surface area (Å²) in [7, 11) is 0. The average Bonchev–Trinajstić information content (AvgIpc) is 2.85. The Morgan fingerprint density at radius 3 is 0.800 bits per heavy atom. The van der Waals surface area contributed by atoms with Gasteiger partial charge in [-0.2, -0.15) is 0 Å². The molecule has 13 heteroatoms. The van der Waals surface area contributed by atoms with Crippen molar-refractivity contribution in [3.05, 3.63) is 89.5 Å². The van der Waals surface area contributed by atoms with Crippen LogP contribution in [0.2, 0.25) is 18.1 Å². The van der Waals surface area contributed by atoms with Crippen molar-refractivity contribution in [2.24, 2.45) is 0 Å². The van der Waals surface area contributed by atoms with Gasteiger partial charge in [0.2, 0.25) is 0 Å². The Morgan fingerprint density at radius 2 is 0.600 bits per heavy atom. The molecule has 218 valence electrons. The van der Waals surface area contributed by atoms with Crippen LogP contribution in [-0.2, 0) is 19.3 Å². The van der Waals surface area contributed by atoms with E-state index < -0.39 is 18.0 Å². The van der Waals surface area contributed by atoms with Crippen molar-refractivity contribution < 1.29 is 0 Å². The highest BCUT2D eigenvalue weighted by Crippen LogP contribution is 2.36. The molecule has 3 aromatic rings. The molecule has 0 saturated carbocycles. The maximum Gasteiger partial charge on any atom is 0.341 e. The lowest BCUT2D eigenvalue weighted by Crippen LogP contribution is -2.11. The summed E-state index contributed by atoms with van der Waals surface area (Å²) in [6.07, 6.45) is 5.19. The summed E-state index contributed by atoms with van der Waals surface area (Å²) in [5, 5.41) is 0. The first kappa shape index (κ1) is 35.2. The quantitative estimate of drug-likeness (QED) is 0.110. The van der Waals surface area contributed by atoms with Crippen LogP contribution in [0.3, 0.4) is 0 Å². The van der Waals surface area contributed by atoms with Crippen LogP contribution in [0.15, 0.2) is 72.8 Å². The number of aryl methyl sites for hydroxylation is 3. The lowest BCUT2D eigenvalue weighted by molar-refractivity contribution is 0.913. The van der Waals surface area contributed by atoms with Gasteiger partial charge < -0.3 is 4.90 Å². The fourth-order valence-electron chi connectivity index (χ4n) is 4.36. The molecule has 0 bridgehead atoms. The summed E-state index contributed by atoms with van der Waals surface area (Å²) in [6.45, 7) is 0. The molecular weight excluding hydrogens is 742 g/mol. The van der Waals surface area contributed by atoms with Gasteiger partial charge in [-0.1, -0.05) is 36.4 Å². The fourth-order valence-corrected chi connectivity index (χ4v) is 9.70. The molecule has 1 nitrogen and oxygen atoms in total. The number of rotatable bonds is 15. The predicted octanol–water partition coefficient (Wildman–Crippen LogP) is 12.9. The van der Waals surface area contributed by atoms with Crippen molar-refractivity contribution in [2.75, 3.05) is 4.90 Å². The molecule has 0 aliphatic heterocycles. The monoisotopic (exact) mass is 767 g/mol. The van der Waals surface area contributed by atoms with E-state index in [0.29, 0.717) is 18.1 Å². The minimum atomic E-state index is -2.60. The largest absolute Gasteiger partial charge is 0.341 e. The predicted molar refractivity (Wildman–Crippen MR) is 190 cm³/mol. The van der Waals surface area contributed by atoms with E-state index in [4.69, 9.17) is 99.7 Å². The SMILES string of the molecule is Cl[Si](Cl)(Cl)CCCc1ccc(N(c2ccc(CCC[Si](Cl)(Cl)Cl)cc2)c2ccc(CCC[Si](Cl)(Cl)Cl)cc2)cc1. The molecule has 0 aliphatic carbocycles. The van der Waals surface area contributed by atoms with Crippen LogP contribution in [0.4, 0.5) is 17.1 Å². The van der Waals surface area contributed by atoms with Gasteiger partial charge in [0.1, 0.15) is 0 Å². The van der Waals surface area contributed by atoms with Crippen LogP contribution in [0.25, 0.3) is 0 Å². The van der Waals surface area contributed by atoms with Gasteiger partial charge in [-0.15, -0.1) is 99.7 Å². The minimum absolute atomic E-state index is 0.651. The van der Waals surface area contributed by atoms with Crippen LogP contribution in [0.5, 0.6) is 0 Å². The van der Waals surface area contributed by atoms with Crippen LogP contribution < -0.4 is 4.90 Å². The standard InChI is InChI=1S/C27H30Cl9NSi3/c28-38(29,30)19-1-4-22-7-13-25(14-8-22)37(26-15-9-23(10-16-26)5-2-20-39(31,32)33)27-17-11-24(12-18-27)6-3-21-40(34,35)36/h7-18H,1-6,19-21H2. The van der Waals surface area contributed by atoms with E-state index in [0.717, 1.165) is 55.6 Å². The highest BCUT2D eigenvalue weighted by Gasteiger charge is 2.25. The highest BCUT2D eigenvalue weighted by atomic mass is 35.9. The van der Waals surface area contributed by atoms with E-state index >= 15 is 0 Å². The highest BCUT2D eigenvalue weighted by molar-refractivity contribution is 7.65. The van der Waals surface area contributed by atoms with Crippen LogP contribution in [0, 0.1) is 0 Å². The summed E-state index contributed by atoms with van der Waals surface area (Å²) in [5.41, 5.74) is 6.83. The molecule has 0 spiro atoms. The van der Waals surface area contributed by atoms with Gasteiger partial charge in [0.15, 0.2) is 0 Å². The van der Waals surface area contributed by atoms with E-state index in [-0.39, 0.29) is 0 Å². The van der Waals surface area contributed by atoms with Gasteiger partial charge in [0.05, 0.1) is 0 Å². The third kappa shape index (κ3) is 13.6. The first-order chi connectivity index (χ1) is 18.7. The van der Waals surface area contributed by atoms with E-state index in [2.05, 4.69) is 77.7 Å². The van der Waals surface area contributed by atoms with E-state index in [9.17, 15) is 0 Å². The third-order valence-corrected chi connectivity index (χ3v) is 14.2. The zero-order valence-electron chi connectivity index (χ0n) is 21.6. The van der Waals surface area contributed by atoms with E-state index in [1.807, 2.05) is 0 Å². The summed E-state index contributed by atoms with van der Waals surface area (Å²) < 4.78 is 0. The molecule has 0 aliphatic rings. The van der Waals surface area contributed by atoms with Crippen molar-refractivity contribution >= 4 is 135 Å². The Bertz CT molecular complexity index is 1020. The van der Waals surface area contributed by atoms with Gasteiger partial charge >= 0.3 is 18.0 Å². The maximum absolute atomic E-state index is 6.05. The molecule has 0 heterocycles. The van der Waals surface area contributed by atoms with Crippen molar-refractivity contribution in [3.63, 3.8) is 0 Å². The second-order valence-corrected chi connectivity index (χ2v) is 37.6. The Balaban J connectivity index is 1.80. The Kier molecular flexibility index (Phi) is 14.2. The van der Waals surface area contributed by atoms with Gasteiger partial charge in [0, 0.05) is 17.1 Å². The minimum Gasteiger partial charge on any atom is -0.311 e. The van der Waals surface area contributed by atoms with E-state index in [1.54, 1.807) is 0 Å². The fraction of sp³-hybridized carbons (Fsp3) is 0.333. The summed E-state index contributed by atoms with van der Waals surface area (Å²) in [5.74, 6) is 0. The molecule has 0 fully saturated rings. The van der Waals surface area contributed by atoms with Crippen molar-refractivity contribution in [3.8, 4) is 0 Å². The van der Waals surface area contributed by atoms with Gasteiger partial charge in [-0.05, 0) is 110 Å². The summed E-state index contributed by atoms with van der Waals surface area (Å²) >= 11 is 54.5. The van der Waals surface area contributed by atoms with Crippen LogP contribution in [0.1, 0.15) is 36.0 Å². The normalized spacial score (nSPS) is 12.5. The summed E-state index contributed by atoms with van der Waals surface area (Å²) in [4.78, 5) is 2.24. The molecule has 0 radical (unpaired) electrons. The van der Waals surface area contributed by atoms with Crippen LogP contribution in [-0.4, -0.2) is 18.0 Å². The number of hydrogen-bond acceptors (Lipinski definition) is 1. The molecular formula is C27H30Cl9NSi3. The zero-order valence-corrected chi connectivity index (χ0v) is 31.4. The second-order valence-electron chi connectivity index (χ2n) is 9.74. The number of anilines is 3. The number of benzene rings is 3. The lowest BCUT2D eigenvalue weighted by Gasteiger charge is -2.26. The zero-order chi connectivity index (χ0) is 29.4. The molecule has 0 aromatic heterocycles. The molecule has 3 rings (SSSR count). The number of halogens is 9. The molecule has 0 N–H and O–H groups in total. The second kappa shape index (κ2) is 16.2. The maximum atomic E-state index is 6.05. The van der Waals surface area contributed by atoms with Gasteiger partial charge in [-0.25, -0.2) is 0 Å². The average molecular weight is 772 g/mol. The van der Waals surface area contributed by atoms with Gasteiger partial charge in [-0.3, -0.25) is 0 Å². The molecule has 3 aromatic carbocycles. The molecule has 0 saturated heterocycles. The van der Waals surface area contributed by atoms with Crippen molar-refractivity contribution in [2.45, 2.75) is 56.7 Å². The Hall–Kier alpha value is 0.721. The Labute approximate surface area is 283 Å². The topological polar surface area (TPSA) is 3.24 Å². The first-order valence-corrected chi connectivity index (χ1v) is 28.7. The first-order valence-electron chi connectivity index (χ1n) is 13.0. The third-order valence-electron chi connectivity index (χ3n) is 6.36.